The largest absolute Gasteiger partial charge is 0.352 e. The van der Waals surface area contributed by atoms with E-state index >= 15 is 0 Å². The summed E-state index contributed by atoms with van der Waals surface area (Å²) in [5, 5.41) is 18.4. The zero-order chi connectivity index (χ0) is 26.5. The highest BCUT2D eigenvalue weighted by atomic mass is 32.2. The first-order chi connectivity index (χ1) is 19.1. The van der Waals surface area contributed by atoms with Crippen molar-refractivity contribution in [3.63, 3.8) is 0 Å². The van der Waals surface area contributed by atoms with Crippen molar-refractivity contribution in [1.29, 1.82) is 5.26 Å². The highest BCUT2D eigenvalue weighted by Crippen LogP contribution is 2.36. The molecule has 2 atom stereocenters. The van der Waals surface area contributed by atoms with Gasteiger partial charge in [-0.15, -0.1) is 11.8 Å². The lowest BCUT2D eigenvalue weighted by atomic mass is 9.87. The number of benzene rings is 1. The lowest BCUT2D eigenvalue weighted by molar-refractivity contribution is -0.00871. The average Bonchev–Trinajstić information content (AvgIpc) is 3.62. The lowest BCUT2D eigenvalue weighted by Crippen LogP contribution is -2.68. The number of piperazine rings is 1. The molecule has 5 aromatic rings. The molecule has 0 spiro atoms. The van der Waals surface area contributed by atoms with Crippen LogP contribution in [0.3, 0.4) is 0 Å². The molecule has 9 nitrogen and oxygen atoms in total. The van der Waals surface area contributed by atoms with E-state index in [0.717, 1.165) is 47.7 Å². The van der Waals surface area contributed by atoms with Crippen LogP contribution in [-0.4, -0.2) is 65.7 Å². The summed E-state index contributed by atoms with van der Waals surface area (Å²) in [7, 11) is 1.89. The number of rotatable bonds is 6. The maximum atomic E-state index is 9.70. The molecule has 3 fully saturated rings. The van der Waals surface area contributed by atoms with Crippen molar-refractivity contribution in [3.05, 3.63) is 78.6 Å². The van der Waals surface area contributed by atoms with E-state index in [2.05, 4.69) is 56.6 Å². The number of aryl methyl sites for hydroxylation is 1. The Hall–Kier alpha value is -4.20. The average molecular weight is 534 g/mol. The van der Waals surface area contributed by atoms with E-state index < -0.39 is 0 Å². The highest BCUT2D eigenvalue weighted by Gasteiger charge is 2.44. The summed E-state index contributed by atoms with van der Waals surface area (Å²) in [6.45, 7) is 2.91. The fourth-order valence-corrected chi connectivity index (χ4v) is 6.23. The van der Waals surface area contributed by atoms with Crippen LogP contribution in [0.2, 0.25) is 0 Å². The van der Waals surface area contributed by atoms with Crippen molar-refractivity contribution in [2.24, 2.45) is 7.05 Å². The van der Waals surface area contributed by atoms with Crippen molar-refractivity contribution in [1.82, 2.24) is 34.3 Å². The lowest BCUT2D eigenvalue weighted by Gasteiger charge is -2.56. The quantitative estimate of drug-likeness (QED) is 0.299. The normalized spacial score (nSPS) is 18.7. The van der Waals surface area contributed by atoms with Gasteiger partial charge in [0.05, 0.1) is 41.6 Å². The number of pyridine rings is 1. The maximum absolute atomic E-state index is 9.70. The number of piperidine rings is 1. The van der Waals surface area contributed by atoms with E-state index in [0.29, 0.717) is 23.3 Å². The second kappa shape index (κ2) is 9.52. The topological polar surface area (TPSA) is 91.2 Å². The standard InChI is InChI=1S/C29H27N9S/c1-35-15-22(11-33-35)20-7-26(29-21(9-30)10-34-38(29)16-20)27-12-32-28(13-31-27)36-17-23-8-24(18-36)37(23)14-19-3-5-25(39-2)6-4-19/h3-7,10-13,15-16,23-24H,8,14,17-18H2,1-2H3. The molecule has 3 saturated heterocycles. The van der Waals surface area contributed by atoms with Crippen LogP contribution in [0.4, 0.5) is 5.82 Å². The zero-order valence-electron chi connectivity index (χ0n) is 21.8. The van der Waals surface area contributed by atoms with Gasteiger partial charge < -0.3 is 4.90 Å². The summed E-state index contributed by atoms with van der Waals surface area (Å²) in [5.74, 6) is 0.894. The van der Waals surface area contributed by atoms with Gasteiger partial charge in [-0.05, 0) is 36.4 Å². The van der Waals surface area contributed by atoms with Crippen molar-refractivity contribution >= 4 is 23.1 Å². The van der Waals surface area contributed by atoms with Gasteiger partial charge in [0.25, 0.3) is 0 Å². The molecule has 0 radical (unpaired) electrons. The number of fused-ring (bicyclic) bond motifs is 3. The van der Waals surface area contributed by atoms with Crippen LogP contribution in [0.15, 0.2) is 72.4 Å². The van der Waals surface area contributed by atoms with Gasteiger partial charge in [0.15, 0.2) is 0 Å². The molecule has 0 saturated carbocycles. The molecule has 8 rings (SSSR count). The minimum absolute atomic E-state index is 0.507. The third kappa shape index (κ3) is 4.24. The monoisotopic (exact) mass is 533 g/mol. The predicted molar refractivity (Wildman–Crippen MR) is 151 cm³/mol. The smallest absolute Gasteiger partial charge is 0.147 e. The van der Waals surface area contributed by atoms with Crippen LogP contribution in [0, 0.1) is 11.3 Å². The molecule has 39 heavy (non-hydrogen) atoms. The van der Waals surface area contributed by atoms with E-state index in [4.69, 9.17) is 9.97 Å². The first-order valence-corrected chi connectivity index (χ1v) is 14.2. The molecular formula is C29H27N9S. The van der Waals surface area contributed by atoms with Crippen LogP contribution in [0.5, 0.6) is 0 Å². The molecule has 7 heterocycles. The maximum Gasteiger partial charge on any atom is 0.147 e. The second-order valence-electron chi connectivity index (χ2n) is 10.2. The first kappa shape index (κ1) is 23.9. The summed E-state index contributed by atoms with van der Waals surface area (Å²) in [6, 6.07) is 14.3. The predicted octanol–water partition coefficient (Wildman–Crippen LogP) is 4.25. The van der Waals surface area contributed by atoms with Gasteiger partial charge in [0, 0.05) is 72.7 Å². The number of nitrogens with zero attached hydrogens (tertiary/aromatic N) is 9. The molecule has 2 bridgehead atoms. The fraction of sp³-hybridized carbons (Fsp3) is 0.276. The Labute approximate surface area is 230 Å². The summed E-state index contributed by atoms with van der Waals surface area (Å²) in [4.78, 5) is 15.9. The minimum atomic E-state index is 0.507. The molecule has 0 aliphatic carbocycles. The number of hydrogen-bond donors (Lipinski definition) is 0. The van der Waals surface area contributed by atoms with E-state index in [1.54, 1.807) is 27.2 Å². The van der Waals surface area contributed by atoms with Gasteiger partial charge in [-0.25, -0.2) is 9.50 Å². The van der Waals surface area contributed by atoms with Gasteiger partial charge in [-0.2, -0.15) is 15.5 Å². The van der Waals surface area contributed by atoms with E-state index in [1.807, 2.05) is 44.1 Å². The van der Waals surface area contributed by atoms with Crippen molar-refractivity contribution in [2.75, 3.05) is 24.2 Å². The molecule has 3 aliphatic rings. The van der Waals surface area contributed by atoms with Gasteiger partial charge in [0.1, 0.15) is 11.9 Å². The van der Waals surface area contributed by atoms with Crippen LogP contribution in [0.25, 0.3) is 27.9 Å². The number of nitriles is 1. The first-order valence-electron chi connectivity index (χ1n) is 13.0. The summed E-state index contributed by atoms with van der Waals surface area (Å²) < 4.78 is 3.51. The Bertz CT molecular complexity index is 1690. The molecule has 1 aromatic carbocycles. The van der Waals surface area contributed by atoms with Crippen molar-refractivity contribution < 1.29 is 0 Å². The molecule has 4 aromatic heterocycles. The number of thioether (sulfide) groups is 1. The van der Waals surface area contributed by atoms with Crippen molar-refractivity contribution in [2.45, 2.75) is 29.9 Å². The van der Waals surface area contributed by atoms with Crippen molar-refractivity contribution in [3.8, 4) is 28.5 Å². The molecule has 2 unspecified atom stereocenters. The van der Waals surface area contributed by atoms with Gasteiger partial charge >= 0.3 is 0 Å². The Balaban J connectivity index is 1.12. The van der Waals surface area contributed by atoms with E-state index in [9.17, 15) is 5.26 Å². The van der Waals surface area contributed by atoms with E-state index in [1.165, 1.54) is 16.9 Å². The molecule has 0 amide bonds. The van der Waals surface area contributed by atoms with Crippen LogP contribution in [0.1, 0.15) is 17.5 Å². The third-order valence-corrected chi connectivity index (χ3v) is 8.62. The SMILES string of the molecule is CSc1ccc(CN2C3CC2CN(c2cnc(-c4cc(-c5cnn(C)c5)cn5ncc(C#N)c45)cn2)C3)cc1. The molecular weight excluding hydrogens is 506 g/mol. The minimum Gasteiger partial charge on any atom is -0.352 e. The number of aromatic nitrogens is 6. The van der Waals surface area contributed by atoms with Crippen LogP contribution in [-0.2, 0) is 13.6 Å². The summed E-state index contributed by atoms with van der Waals surface area (Å²) in [5.41, 5.74) is 6.06. The van der Waals surface area contributed by atoms with Gasteiger partial charge in [0.2, 0.25) is 0 Å². The zero-order valence-corrected chi connectivity index (χ0v) is 22.6. The molecule has 3 aliphatic heterocycles. The number of anilines is 1. The Kier molecular flexibility index (Phi) is 5.83. The fourth-order valence-electron chi connectivity index (χ4n) is 5.82. The summed E-state index contributed by atoms with van der Waals surface area (Å²) in [6.07, 6.45) is 14.3. The highest BCUT2D eigenvalue weighted by molar-refractivity contribution is 7.98. The Morgan fingerprint density at radius 3 is 2.46 bits per heavy atom. The molecule has 10 heteroatoms. The second-order valence-corrected chi connectivity index (χ2v) is 11.1. The van der Waals surface area contributed by atoms with Crippen LogP contribution >= 0.6 is 11.8 Å². The van der Waals surface area contributed by atoms with Gasteiger partial charge in [-0.3, -0.25) is 14.6 Å². The van der Waals surface area contributed by atoms with Crippen LogP contribution < -0.4 is 4.90 Å². The van der Waals surface area contributed by atoms with E-state index in [-0.39, 0.29) is 0 Å². The molecule has 0 N–H and O–H groups in total. The Morgan fingerprint density at radius 2 is 1.79 bits per heavy atom. The Morgan fingerprint density at radius 1 is 0.974 bits per heavy atom. The molecule has 194 valence electrons. The number of hydrogen-bond acceptors (Lipinski definition) is 8. The third-order valence-electron chi connectivity index (χ3n) is 7.88. The summed E-state index contributed by atoms with van der Waals surface area (Å²) >= 11 is 1.78. The van der Waals surface area contributed by atoms with Gasteiger partial charge in [-0.1, -0.05) is 12.1 Å².